The van der Waals surface area contributed by atoms with E-state index in [0.29, 0.717) is 16.7 Å². The van der Waals surface area contributed by atoms with Gasteiger partial charge < -0.3 is 8.83 Å². The van der Waals surface area contributed by atoms with Crippen LogP contribution in [0.4, 0.5) is 4.39 Å². The minimum atomic E-state index is -0.274. The molecule has 0 aliphatic carbocycles. The number of thiazole rings is 1. The van der Waals surface area contributed by atoms with E-state index in [1.807, 2.05) is 17.5 Å². The molecule has 3 aromatic heterocycles. The number of nitrogens with zero attached hydrogens (tertiary/aromatic N) is 2. The largest absolute Gasteiger partial charge is 0.462 e. The molecule has 0 atom stereocenters. The quantitative estimate of drug-likeness (QED) is 0.442. The molecule has 0 fully saturated rings. The Labute approximate surface area is 145 Å². The van der Waals surface area contributed by atoms with Crippen LogP contribution in [0.1, 0.15) is 5.69 Å². The molecular formula is C17H11FN2O2S2. The van der Waals surface area contributed by atoms with Gasteiger partial charge in [0.05, 0.1) is 18.2 Å². The van der Waals surface area contributed by atoms with Crippen LogP contribution in [0.5, 0.6) is 0 Å². The molecule has 0 unspecified atom stereocenters. The number of benzene rings is 1. The molecule has 0 saturated heterocycles. The summed E-state index contributed by atoms with van der Waals surface area (Å²) in [6, 6.07) is 9.86. The molecule has 0 N–H and O–H groups in total. The summed E-state index contributed by atoms with van der Waals surface area (Å²) < 4.78 is 24.0. The van der Waals surface area contributed by atoms with Crippen molar-refractivity contribution in [3.63, 3.8) is 0 Å². The van der Waals surface area contributed by atoms with Crippen molar-refractivity contribution in [2.75, 3.05) is 0 Å². The molecule has 4 aromatic rings. The maximum Gasteiger partial charge on any atom is 0.256 e. The Morgan fingerprint density at radius 2 is 2.00 bits per heavy atom. The predicted molar refractivity (Wildman–Crippen MR) is 91.3 cm³/mol. The fourth-order valence-corrected chi connectivity index (χ4v) is 3.68. The van der Waals surface area contributed by atoms with Crippen molar-refractivity contribution in [2.45, 2.75) is 11.0 Å². The fourth-order valence-electron chi connectivity index (χ4n) is 2.09. The number of oxazole rings is 1. The second kappa shape index (κ2) is 6.62. The van der Waals surface area contributed by atoms with Gasteiger partial charge in [-0.15, -0.1) is 11.3 Å². The van der Waals surface area contributed by atoms with Crippen LogP contribution in [0.3, 0.4) is 0 Å². The van der Waals surface area contributed by atoms with Gasteiger partial charge in [-0.2, -0.15) is 0 Å². The number of halogens is 1. The van der Waals surface area contributed by atoms with Gasteiger partial charge in [-0.1, -0.05) is 11.8 Å². The highest BCUT2D eigenvalue weighted by Gasteiger charge is 2.10. The smallest absolute Gasteiger partial charge is 0.256 e. The first-order valence-electron chi connectivity index (χ1n) is 7.11. The van der Waals surface area contributed by atoms with Crippen molar-refractivity contribution in [3.8, 4) is 22.1 Å². The van der Waals surface area contributed by atoms with E-state index in [9.17, 15) is 4.39 Å². The summed E-state index contributed by atoms with van der Waals surface area (Å²) in [5.74, 6) is 1.77. The SMILES string of the molecule is Fc1ccc(-c2cnc(SCc3csc(-c4ccco4)n3)o2)cc1. The van der Waals surface area contributed by atoms with E-state index in [1.54, 1.807) is 35.9 Å². The van der Waals surface area contributed by atoms with Gasteiger partial charge in [-0.25, -0.2) is 14.4 Å². The summed E-state index contributed by atoms with van der Waals surface area (Å²) in [7, 11) is 0. The summed E-state index contributed by atoms with van der Waals surface area (Å²) in [5, 5.41) is 3.41. The third kappa shape index (κ3) is 3.27. The Balaban J connectivity index is 1.42. The van der Waals surface area contributed by atoms with E-state index < -0.39 is 0 Å². The van der Waals surface area contributed by atoms with Crippen LogP contribution in [0, 0.1) is 5.82 Å². The van der Waals surface area contributed by atoms with Crippen LogP contribution in [-0.4, -0.2) is 9.97 Å². The van der Waals surface area contributed by atoms with Crippen molar-refractivity contribution in [1.29, 1.82) is 0 Å². The highest BCUT2D eigenvalue weighted by Crippen LogP contribution is 2.30. The Morgan fingerprint density at radius 1 is 1.12 bits per heavy atom. The van der Waals surface area contributed by atoms with E-state index >= 15 is 0 Å². The van der Waals surface area contributed by atoms with Crippen LogP contribution in [-0.2, 0) is 5.75 Å². The number of thioether (sulfide) groups is 1. The van der Waals surface area contributed by atoms with Crippen LogP contribution in [0.25, 0.3) is 22.1 Å². The minimum absolute atomic E-state index is 0.274. The van der Waals surface area contributed by atoms with E-state index in [-0.39, 0.29) is 5.82 Å². The molecule has 3 heterocycles. The Bertz CT molecular complexity index is 930. The molecule has 7 heteroatoms. The Hall–Kier alpha value is -2.38. The second-order valence-corrected chi connectivity index (χ2v) is 6.69. The molecule has 0 aliphatic rings. The highest BCUT2D eigenvalue weighted by atomic mass is 32.2. The second-order valence-electron chi connectivity index (χ2n) is 4.91. The van der Waals surface area contributed by atoms with Gasteiger partial charge in [-0.3, -0.25) is 0 Å². The van der Waals surface area contributed by atoms with Gasteiger partial charge in [-0.05, 0) is 36.4 Å². The summed E-state index contributed by atoms with van der Waals surface area (Å²) in [6.07, 6.45) is 3.28. The third-order valence-electron chi connectivity index (χ3n) is 3.24. The fraction of sp³-hybridized carbons (Fsp3) is 0.0588. The number of hydrogen-bond acceptors (Lipinski definition) is 6. The van der Waals surface area contributed by atoms with E-state index in [0.717, 1.165) is 22.0 Å². The van der Waals surface area contributed by atoms with Gasteiger partial charge in [0.2, 0.25) is 0 Å². The molecule has 4 rings (SSSR count). The predicted octanol–water partition coefficient (Wildman–Crippen LogP) is 5.49. The summed E-state index contributed by atoms with van der Waals surface area (Å²) in [6.45, 7) is 0. The summed E-state index contributed by atoms with van der Waals surface area (Å²) in [4.78, 5) is 8.78. The van der Waals surface area contributed by atoms with Gasteiger partial charge >= 0.3 is 0 Å². The lowest BCUT2D eigenvalue weighted by atomic mass is 10.2. The highest BCUT2D eigenvalue weighted by molar-refractivity contribution is 7.98. The monoisotopic (exact) mass is 358 g/mol. The zero-order chi connectivity index (χ0) is 16.4. The van der Waals surface area contributed by atoms with Crippen LogP contribution in [0.15, 0.2) is 68.3 Å². The zero-order valence-corrected chi connectivity index (χ0v) is 13.9. The molecular weight excluding hydrogens is 347 g/mol. The van der Waals surface area contributed by atoms with E-state index in [2.05, 4.69) is 9.97 Å². The Morgan fingerprint density at radius 3 is 2.79 bits per heavy atom. The average molecular weight is 358 g/mol. The molecule has 120 valence electrons. The molecule has 0 saturated carbocycles. The molecule has 1 aromatic carbocycles. The number of hydrogen-bond donors (Lipinski definition) is 0. The van der Waals surface area contributed by atoms with Crippen molar-refractivity contribution in [2.24, 2.45) is 0 Å². The first-order valence-corrected chi connectivity index (χ1v) is 8.97. The minimum Gasteiger partial charge on any atom is -0.462 e. The molecule has 0 amide bonds. The van der Waals surface area contributed by atoms with Crippen LogP contribution < -0.4 is 0 Å². The third-order valence-corrected chi connectivity index (χ3v) is 5.02. The maximum absolute atomic E-state index is 13.0. The Kier molecular flexibility index (Phi) is 4.18. The summed E-state index contributed by atoms with van der Waals surface area (Å²) in [5.41, 5.74) is 1.74. The van der Waals surface area contributed by atoms with E-state index in [4.69, 9.17) is 8.83 Å². The van der Waals surface area contributed by atoms with Crippen molar-refractivity contribution in [1.82, 2.24) is 9.97 Å². The van der Waals surface area contributed by atoms with Crippen molar-refractivity contribution < 1.29 is 13.2 Å². The van der Waals surface area contributed by atoms with E-state index in [1.165, 1.54) is 23.9 Å². The normalized spacial score (nSPS) is 11.0. The van der Waals surface area contributed by atoms with Gasteiger partial charge in [0.25, 0.3) is 5.22 Å². The molecule has 4 nitrogen and oxygen atoms in total. The molecule has 0 bridgehead atoms. The lowest BCUT2D eigenvalue weighted by Gasteiger charge is -1.96. The maximum atomic E-state index is 13.0. The molecule has 0 aliphatic heterocycles. The van der Waals surface area contributed by atoms with Crippen molar-refractivity contribution in [3.05, 3.63) is 65.7 Å². The van der Waals surface area contributed by atoms with Gasteiger partial charge in [0, 0.05) is 16.7 Å². The van der Waals surface area contributed by atoms with Crippen LogP contribution in [0.2, 0.25) is 0 Å². The summed E-state index contributed by atoms with van der Waals surface area (Å²) >= 11 is 3.01. The van der Waals surface area contributed by atoms with Gasteiger partial charge in [0.1, 0.15) is 5.82 Å². The first-order chi connectivity index (χ1) is 11.8. The average Bonchev–Trinajstić information content (AvgIpc) is 3.34. The molecule has 0 radical (unpaired) electrons. The zero-order valence-electron chi connectivity index (χ0n) is 12.3. The number of aromatic nitrogens is 2. The number of furan rings is 1. The topological polar surface area (TPSA) is 52.1 Å². The lowest BCUT2D eigenvalue weighted by Crippen LogP contribution is -1.81. The first kappa shape index (κ1) is 15.2. The molecule has 24 heavy (non-hydrogen) atoms. The standard InChI is InChI=1S/C17H11FN2O2S2/c18-12-5-3-11(4-6-12)15-8-19-17(22-15)24-10-13-9-23-16(20-13)14-2-1-7-21-14/h1-9H,10H2. The van der Waals surface area contributed by atoms with Crippen LogP contribution >= 0.6 is 23.1 Å². The van der Waals surface area contributed by atoms with Crippen molar-refractivity contribution >= 4 is 23.1 Å². The lowest BCUT2D eigenvalue weighted by molar-refractivity contribution is 0.466. The number of rotatable bonds is 5. The van der Waals surface area contributed by atoms with Gasteiger partial charge in [0.15, 0.2) is 16.5 Å². The molecule has 0 spiro atoms.